The maximum atomic E-state index is 12.0. The molecular formula is C14H9Cl2NO4. The van der Waals surface area contributed by atoms with Gasteiger partial charge in [-0.2, -0.15) is 0 Å². The highest BCUT2D eigenvalue weighted by Crippen LogP contribution is 2.23. The Kier molecular flexibility index (Phi) is 4.77. The first-order chi connectivity index (χ1) is 9.99. The summed E-state index contributed by atoms with van der Waals surface area (Å²) in [6, 6.07) is 10.5. The maximum Gasteiger partial charge on any atom is 0.340 e. The van der Waals surface area contributed by atoms with Gasteiger partial charge >= 0.3 is 5.97 Å². The Morgan fingerprint density at radius 1 is 1.14 bits per heavy atom. The van der Waals surface area contributed by atoms with E-state index in [4.69, 9.17) is 27.9 Å². The van der Waals surface area contributed by atoms with E-state index in [-0.39, 0.29) is 22.9 Å². The number of rotatable bonds is 4. The van der Waals surface area contributed by atoms with Crippen molar-refractivity contribution in [2.24, 2.45) is 0 Å². The molecule has 0 saturated heterocycles. The molecule has 0 bridgehead atoms. The second-order valence-electron chi connectivity index (χ2n) is 4.09. The smallest absolute Gasteiger partial charge is 0.340 e. The number of hydrogen-bond donors (Lipinski definition) is 0. The van der Waals surface area contributed by atoms with E-state index in [1.807, 2.05) is 0 Å². The first kappa shape index (κ1) is 15.3. The molecule has 5 nitrogen and oxygen atoms in total. The number of esters is 1. The molecule has 21 heavy (non-hydrogen) atoms. The van der Waals surface area contributed by atoms with Gasteiger partial charge in [0.05, 0.1) is 15.5 Å². The van der Waals surface area contributed by atoms with E-state index in [1.165, 1.54) is 12.1 Å². The van der Waals surface area contributed by atoms with E-state index in [0.29, 0.717) is 10.6 Å². The Labute approximate surface area is 130 Å². The summed E-state index contributed by atoms with van der Waals surface area (Å²) in [7, 11) is 0. The zero-order chi connectivity index (χ0) is 15.4. The van der Waals surface area contributed by atoms with E-state index < -0.39 is 10.9 Å². The molecule has 0 aromatic heterocycles. The van der Waals surface area contributed by atoms with Crippen LogP contribution in [-0.4, -0.2) is 10.9 Å². The number of ether oxygens (including phenoxy) is 1. The van der Waals surface area contributed by atoms with Crippen LogP contribution in [0.25, 0.3) is 0 Å². The van der Waals surface area contributed by atoms with Gasteiger partial charge in [-0.3, -0.25) is 10.1 Å². The molecule has 108 valence electrons. The second-order valence-corrected chi connectivity index (χ2v) is 4.90. The van der Waals surface area contributed by atoms with Crippen molar-refractivity contribution in [2.75, 3.05) is 0 Å². The molecule has 0 spiro atoms. The Morgan fingerprint density at radius 3 is 2.52 bits per heavy atom. The first-order valence-corrected chi connectivity index (χ1v) is 6.59. The maximum absolute atomic E-state index is 12.0. The van der Waals surface area contributed by atoms with E-state index in [2.05, 4.69) is 0 Å². The fraction of sp³-hybridized carbons (Fsp3) is 0.0714. The van der Waals surface area contributed by atoms with Gasteiger partial charge in [-0.15, -0.1) is 0 Å². The molecule has 7 heteroatoms. The van der Waals surface area contributed by atoms with Crippen LogP contribution in [0.3, 0.4) is 0 Å². The van der Waals surface area contributed by atoms with Crippen molar-refractivity contribution in [1.29, 1.82) is 0 Å². The molecule has 0 radical (unpaired) electrons. The summed E-state index contributed by atoms with van der Waals surface area (Å²) in [5.74, 6) is -0.747. The van der Waals surface area contributed by atoms with Crippen LogP contribution < -0.4 is 0 Å². The minimum absolute atomic E-state index is 0.0441. The van der Waals surface area contributed by atoms with Crippen LogP contribution in [0.2, 0.25) is 10.0 Å². The van der Waals surface area contributed by atoms with Crippen molar-refractivity contribution in [2.45, 2.75) is 6.61 Å². The molecule has 0 N–H and O–H groups in total. The highest BCUT2D eigenvalue weighted by molar-refractivity contribution is 6.33. The molecule has 0 unspecified atom stereocenters. The summed E-state index contributed by atoms with van der Waals surface area (Å²) in [6.07, 6.45) is 0. The number of non-ortho nitro benzene ring substituents is 1. The van der Waals surface area contributed by atoms with Gasteiger partial charge in [-0.25, -0.2) is 4.79 Å². The molecular weight excluding hydrogens is 317 g/mol. The molecule has 0 saturated carbocycles. The first-order valence-electron chi connectivity index (χ1n) is 5.83. The Balaban J connectivity index is 2.15. The summed E-state index contributed by atoms with van der Waals surface area (Å²) >= 11 is 11.8. The fourth-order valence-corrected chi connectivity index (χ4v) is 2.00. The summed E-state index contributed by atoms with van der Waals surface area (Å²) in [4.78, 5) is 22.0. The van der Waals surface area contributed by atoms with Gasteiger partial charge in [0.1, 0.15) is 6.61 Å². The van der Waals surface area contributed by atoms with Gasteiger partial charge in [0, 0.05) is 22.7 Å². The zero-order valence-electron chi connectivity index (χ0n) is 10.6. The van der Waals surface area contributed by atoms with E-state index in [0.717, 1.165) is 6.07 Å². The van der Waals surface area contributed by atoms with Gasteiger partial charge < -0.3 is 4.74 Å². The van der Waals surface area contributed by atoms with Crippen LogP contribution in [-0.2, 0) is 11.3 Å². The van der Waals surface area contributed by atoms with Crippen LogP contribution in [0.4, 0.5) is 5.69 Å². The molecule has 0 fully saturated rings. The minimum atomic E-state index is -0.747. The lowest BCUT2D eigenvalue weighted by Gasteiger charge is -2.07. The molecule has 2 rings (SSSR count). The van der Waals surface area contributed by atoms with E-state index in [1.54, 1.807) is 24.3 Å². The molecule has 0 atom stereocenters. The predicted molar refractivity (Wildman–Crippen MR) is 78.7 cm³/mol. The minimum Gasteiger partial charge on any atom is -0.457 e. The highest BCUT2D eigenvalue weighted by Gasteiger charge is 2.17. The molecule has 2 aromatic rings. The highest BCUT2D eigenvalue weighted by atomic mass is 35.5. The van der Waals surface area contributed by atoms with Crippen molar-refractivity contribution >= 4 is 34.9 Å². The topological polar surface area (TPSA) is 69.4 Å². The third-order valence-corrected chi connectivity index (χ3v) is 3.40. The lowest BCUT2D eigenvalue weighted by molar-refractivity contribution is -0.384. The molecule has 0 amide bonds. The molecule has 0 aliphatic heterocycles. The van der Waals surface area contributed by atoms with Crippen molar-refractivity contribution in [3.8, 4) is 0 Å². The number of nitro benzene ring substituents is 1. The number of nitrogens with zero attached hydrogens (tertiary/aromatic N) is 1. The lowest BCUT2D eigenvalue weighted by atomic mass is 10.2. The molecule has 2 aromatic carbocycles. The standard InChI is InChI=1S/C14H9Cl2NO4/c15-12-4-2-1-3-9(12)8-21-14(18)11-7-10(17(19)20)5-6-13(11)16/h1-7H,8H2. The van der Waals surface area contributed by atoms with Gasteiger partial charge in [0.25, 0.3) is 5.69 Å². The normalized spacial score (nSPS) is 10.2. The van der Waals surface area contributed by atoms with Crippen LogP contribution in [0.5, 0.6) is 0 Å². The fourth-order valence-electron chi connectivity index (χ4n) is 1.62. The van der Waals surface area contributed by atoms with Gasteiger partial charge in [0.15, 0.2) is 0 Å². The number of carbonyl (C=O) groups is 1. The van der Waals surface area contributed by atoms with Crippen molar-refractivity contribution in [1.82, 2.24) is 0 Å². The number of halogens is 2. The number of benzene rings is 2. The summed E-state index contributed by atoms with van der Waals surface area (Å²) in [5, 5.41) is 11.3. The third kappa shape index (κ3) is 3.71. The summed E-state index contributed by atoms with van der Waals surface area (Å²) < 4.78 is 5.08. The lowest BCUT2D eigenvalue weighted by Crippen LogP contribution is -2.07. The van der Waals surface area contributed by atoms with Gasteiger partial charge in [0.2, 0.25) is 0 Å². The summed E-state index contributed by atoms with van der Waals surface area (Å²) in [6.45, 7) is -0.0441. The Morgan fingerprint density at radius 2 is 1.86 bits per heavy atom. The largest absolute Gasteiger partial charge is 0.457 e. The van der Waals surface area contributed by atoms with Crippen molar-refractivity contribution < 1.29 is 14.5 Å². The predicted octanol–water partition coefficient (Wildman–Crippen LogP) is 4.26. The second kappa shape index (κ2) is 6.56. The average Bonchev–Trinajstić information content (AvgIpc) is 2.46. The zero-order valence-corrected chi connectivity index (χ0v) is 12.1. The monoisotopic (exact) mass is 325 g/mol. The Hall–Kier alpha value is -2.11. The van der Waals surface area contributed by atoms with Gasteiger partial charge in [-0.05, 0) is 12.1 Å². The quantitative estimate of drug-likeness (QED) is 0.478. The van der Waals surface area contributed by atoms with Crippen LogP contribution in [0.15, 0.2) is 42.5 Å². The summed E-state index contributed by atoms with van der Waals surface area (Å²) in [5.41, 5.74) is 0.344. The average molecular weight is 326 g/mol. The Bertz CT molecular complexity index is 703. The van der Waals surface area contributed by atoms with Crippen LogP contribution >= 0.6 is 23.2 Å². The van der Waals surface area contributed by atoms with Gasteiger partial charge in [-0.1, -0.05) is 41.4 Å². The van der Waals surface area contributed by atoms with E-state index in [9.17, 15) is 14.9 Å². The molecule has 0 heterocycles. The number of hydrogen-bond acceptors (Lipinski definition) is 4. The molecule has 0 aliphatic rings. The van der Waals surface area contributed by atoms with Crippen molar-refractivity contribution in [3.05, 3.63) is 73.8 Å². The van der Waals surface area contributed by atoms with E-state index >= 15 is 0 Å². The van der Waals surface area contributed by atoms with Crippen LogP contribution in [0.1, 0.15) is 15.9 Å². The number of carbonyl (C=O) groups excluding carboxylic acids is 1. The van der Waals surface area contributed by atoms with Crippen molar-refractivity contribution in [3.63, 3.8) is 0 Å². The third-order valence-electron chi connectivity index (χ3n) is 2.70. The SMILES string of the molecule is O=C(OCc1ccccc1Cl)c1cc([N+](=O)[O-])ccc1Cl. The van der Waals surface area contributed by atoms with Crippen LogP contribution in [0, 0.1) is 10.1 Å². The molecule has 0 aliphatic carbocycles. The number of nitro groups is 1.